The van der Waals surface area contributed by atoms with Crippen molar-refractivity contribution >= 4 is 11.5 Å². The summed E-state index contributed by atoms with van der Waals surface area (Å²) in [5, 5.41) is 0. The molecule has 1 unspecified atom stereocenters. The van der Waals surface area contributed by atoms with Crippen LogP contribution >= 0.6 is 0 Å². The number of para-hydroxylation sites is 1. The van der Waals surface area contributed by atoms with Crippen molar-refractivity contribution < 1.29 is 0 Å². The summed E-state index contributed by atoms with van der Waals surface area (Å²) in [6.07, 6.45) is 2.39. The SMILES string of the molecule is CC(C)(C)C1CCc2ccccc2N2CCN=C12. The highest BCUT2D eigenvalue weighted by atomic mass is 15.2. The average Bonchev–Trinajstić information content (AvgIpc) is 2.71. The molecule has 0 spiro atoms. The molecule has 2 nitrogen and oxygen atoms in total. The Balaban J connectivity index is 2.05. The zero-order valence-electron chi connectivity index (χ0n) is 11.6. The Morgan fingerprint density at radius 2 is 2.00 bits per heavy atom. The maximum atomic E-state index is 4.81. The van der Waals surface area contributed by atoms with Gasteiger partial charge in [0, 0.05) is 18.2 Å². The minimum absolute atomic E-state index is 0.295. The van der Waals surface area contributed by atoms with Gasteiger partial charge < -0.3 is 4.90 Å². The lowest BCUT2D eigenvalue weighted by Crippen LogP contribution is -2.38. The highest BCUT2D eigenvalue weighted by Crippen LogP contribution is 2.39. The van der Waals surface area contributed by atoms with E-state index in [4.69, 9.17) is 4.99 Å². The van der Waals surface area contributed by atoms with Crippen LogP contribution in [0.4, 0.5) is 5.69 Å². The Kier molecular flexibility index (Phi) is 2.69. The van der Waals surface area contributed by atoms with Crippen molar-refractivity contribution in [2.75, 3.05) is 18.0 Å². The molecule has 0 amide bonds. The molecule has 0 fully saturated rings. The summed E-state index contributed by atoms with van der Waals surface area (Å²) in [6, 6.07) is 8.83. The number of anilines is 1. The number of hydrogen-bond acceptors (Lipinski definition) is 2. The van der Waals surface area contributed by atoms with Crippen LogP contribution in [0.1, 0.15) is 32.8 Å². The second-order valence-corrected chi connectivity index (χ2v) is 6.48. The molecule has 0 saturated heterocycles. The second-order valence-electron chi connectivity index (χ2n) is 6.48. The van der Waals surface area contributed by atoms with Crippen molar-refractivity contribution in [2.24, 2.45) is 16.3 Å². The van der Waals surface area contributed by atoms with Gasteiger partial charge in [-0.3, -0.25) is 4.99 Å². The molecule has 2 aliphatic rings. The van der Waals surface area contributed by atoms with E-state index >= 15 is 0 Å². The molecule has 3 rings (SSSR count). The predicted octanol–water partition coefficient (Wildman–Crippen LogP) is 3.51. The maximum absolute atomic E-state index is 4.81. The Morgan fingerprint density at radius 1 is 1.22 bits per heavy atom. The van der Waals surface area contributed by atoms with Gasteiger partial charge in [0.2, 0.25) is 0 Å². The van der Waals surface area contributed by atoms with E-state index in [1.807, 2.05) is 0 Å². The van der Waals surface area contributed by atoms with E-state index in [1.54, 1.807) is 0 Å². The molecule has 0 bridgehead atoms. The van der Waals surface area contributed by atoms with Crippen molar-refractivity contribution in [3.8, 4) is 0 Å². The topological polar surface area (TPSA) is 15.6 Å². The predicted molar refractivity (Wildman–Crippen MR) is 77.4 cm³/mol. The number of hydrogen-bond donors (Lipinski definition) is 0. The van der Waals surface area contributed by atoms with Crippen LogP contribution < -0.4 is 4.90 Å². The molecule has 0 N–H and O–H groups in total. The molecular formula is C16H22N2. The van der Waals surface area contributed by atoms with Crippen LogP contribution in [0.3, 0.4) is 0 Å². The highest BCUT2D eigenvalue weighted by Gasteiger charge is 2.37. The Bertz CT molecular complexity index is 482. The Hall–Kier alpha value is -1.31. The first-order valence-corrected chi connectivity index (χ1v) is 6.97. The molecule has 96 valence electrons. The van der Waals surface area contributed by atoms with Gasteiger partial charge in [-0.1, -0.05) is 39.0 Å². The van der Waals surface area contributed by atoms with Crippen LogP contribution in [0.25, 0.3) is 0 Å². The smallest absolute Gasteiger partial charge is 0.107 e. The van der Waals surface area contributed by atoms with E-state index in [0.29, 0.717) is 11.3 Å². The molecule has 2 aliphatic heterocycles. The van der Waals surface area contributed by atoms with E-state index in [0.717, 1.165) is 13.1 Å². The van der Waals surface area contributed by atoms with Gasteiger partial charge in [0.25, 0.3) is 0 Å². The Labute approximate surface area is 110 Å². The van der Waals surface area contributed by atoms with Crippen LogP contribution in [0.15, 0.2) is 29.3 Å². The molecule has 0 saturated carbocycles. The lowest BCUT2D eigenvalue weighted by Gasteiger charge is -2.33. The number of aryl methyl sites for hydroxylation is 1. The normalized spacial score (nSPS) is 23.2. The number of rotatable bonds is 0. The van der Waals surface area contributed by atoms with Gasteiger partial charge in [-0.15, -0.1) is 0 Å². The molecule has 18 heavy (non-hydrogen) atoms. The number of benzene rings is 1. The Morgan fingerprint density at radius 3 is 2.78 bits per heavy atom. The minimum Gasteiger partial charge on any atom is -0.328 e. The molecular weight excluding hydrogens is 220 g/mol. The van der Waals surface area contributed by atoms with Gasteiger partial charge in [0.15, 0.2) is 0 Å². The number of amidine groups is 1. The summed E-state index contributed by atoms with van der Waals surface area (Å²) in [5.74, 6) is 1.90. The third kappa shape index (κ3) is 1.84. The van der Waals surface area contributed by atoms with Gasteiger partial charge in [0.1, 0.15) is 5.84 Å². The van der Waals surface area contributed by atoms with Gasteiger partial charge in [-0.25, -0.2) is 0 Å². The van der Waals surface area contributed by atoms with Gasteiger partial charge in [0.05, 0.1) is 6.54 Å². The monoisotopic (exact) mass is 242 g/mol. The highest BCUT2D eigenvalue weighted by molar-refractivity contribution is 6.02. The molecule has 0 radical (unpaired) electrons. The minimum atomic E-state index is 0.295. The molecule has 0 aromatic heterocycles. The second kappa shape index (κ2) is 4.11. The van der Waals surface area contributed by atoms with Crippen molar-refractivity contribution in [3.05, 3.63) is 29.8 Å². The number of aliphatic imine (C=N–C) groups is 1. The summed E-state index contributed by atoms with van der Waals surface area (Å²) >= 11 is 0. The fraction of sp³-hybridized carbons (Fsp3) is 0.562. The molecule has 1 aromatic rings. The first kappa shape index (κ1) is 11.8. The molecule has 1 atom stereocenters. The molecule has 2 heterocycles. The zero-order valence-corrected chi connectivity index (χ0v) is 11.6. The zero-order chi connectivity index (χ0) is 12.8. The van der Waals surface area contributed by atoms with Gasteiger partial charge >= 0.3 is 0 Å². The quantitative estimate of drug-likeness (QED) is 0.679. The molecule has 2 heteroatoms. The van der Waals surface area contributed by atoms with Crippen LogP contribution in [0.2, 0.25) is 0 Å². The maximum Gasteiger partial charge on any atom is 0.107 e. The molecule has 0 aliphatic carbocycles. The third-order valence-electron chi connectivity index (χ3n) is 4.22. The van der Waals surface area contributed by atoms with Crippen molar-refractivity contribution in [3.63, 3.8) is 0 Å². The van der Waals surface area contributed by atoms with E-state index < -0.39 is 0 Å². The van der Waals surface area contributed by atoms with Gasteiger partial charge in [-0.2, -0.15) is 0 Å². The first-order chi connectivity index (χ1) is 8.57. The standard InChI is InChI=1S/C16H22N2/c1-16(2,3)13-9-8-12-6-4-5-7-14(12)18-11-10-17-15(13)18/h4-7,13H,8-11H2,1-3H3. The average molecular weight is 242 g/mol. The fourth-order valence-electron chi connectivity index (χ4n) is 3.24. The summed E-state index contributed by atoms with van der Waals surface area (Å²) in [4.78, 5) is 7.26. The van der Waals surface area contributed by atoms with Crippen molar-refractivity contribution in [1.82, 2.24) is 0 Å². The van der Waals surface area contributed by atoms with Crippen LogP contribution in [0.5, 0.6) is 0 Å². The lowest BCUT2D eigenvalue weighted by atomic mass is 9.77. The number of fused-ring (bicyclic) bond motifs is 3. The van der Waals surface area contributed by atoms with E-state index in [2.05, 4.69) is 49.9 Å². The van der Waals surface area contributed by atoms with Crippen LogP contribution in [-0.2, 0) is 6.42 Å². The summed E-state index contributed by atoms with van der Waals surface area (Å²) in [5.41, 5.74) is 3.17. The van der Waals surface area contributed by atoms with Gasteiger partial charge in [-0.05, 0) is 29.9 Å². The largest absolute Gasteiger partial charge is 0.328 e. The third-order valence-corrected chi connectivity index (χ3v) is 4.22. The van der Waals surface area contributed by atoms with Crippen molar-refractivity contribution in [1.29, 1.82) is 0 Å². The summed E-state index contributed by atoms with van der Waals surface area (Å²) in [7, 11) is 0. The summed E-state index contributed by atoms with van der Waals surface area (Å²) < 4.78 is 0. The van der Waals surface area contributed by atoms with E-state index in [9.17, 15) is 0 Å². The fourth-order valence-corrected chi connectivity index (χ4v) is 3.24. The number of nitrogens with zero attached hydrogens (tertiary/aromatic N) is 2. The van der Waals surface area contributed by atoms with Crippen molar-refractivity contribution in [2.45, 2.75) is 33.6 Å². The van der Waals surface area contributed by atoms with Crippen LogP contribution in [-0.4, -0.2) is 18.9 Å². The lowest BCUT2D eigenvalue weighted by molar-refractivity contribution is 0.298. The van der Waals surface area contributed by atoms with Crippen LogP contribution in [0, 0.1) is 11.3 Å². The summed E-state index contributed by atoms with van der Waals surface area (Å²) in [6.45, 7) is 9.03. The first-order valence-electron chi connectivity index (χ1n) is 6.97. The van der Waals surface area contributed by atoms with E-state index in [-0.39, 0.29) is 0 Å². The molecule has 1 aromatic carbocycles. The van der Waals surface area contributed by atoms with E-state index in [1.165, 1.54) is 29.9 Å².